The van der Waals surface area contributed by atoms with E-state index < -0.39 is 12.0 Å². The monoisotopic (exact) mass is 286 g/mol. The summed E-state index contributed by atoms with van der Waals surface area (Å²) in [6.07, 6.45) is 2.17. The van der Waals surface area contributed by atoms with Gasteiger partial charge in [0, 0.05) is 28.4 Å². The molecule has 0 aliphatic carbocycles. The number of rotatable bonds is 4. The molecular formula is C15H14N2O2S. The van der Waals surface area contributed by atoms with Gasteiger partial charge in [0.2, 0.25) is 0 Å². The summed E-state index contributed by atoms with van der Waals surface area (Å²) < 4.78 is 0. The molecule has 5 heteroatoms. The van der Waals surface area contributed by atoms with E-state index in [9.17, 15) is 4.79 Å². The zero-order valence-electron chi connectivity index (χ0n) is 10.7. The van der Waals surface area contributed by atoms with Crippen LogP contribution in [-0.2, 0) is 11.2 Å². The van der Waals surface area contributed by atoms with Gasteiger partial charge < -0.3 is 15.8 Å². The number of benzene rings is 1. The number of aliphatic carboxylic acids is 1. The number of para-hydroxylation sites is 1. The normalized spacial score (nSPS) is 12.7. The van der Waals surface area contributed by atoms with Gasteiger partial charge in [-0.05, 0) is 17.0 Å². The Hall–Kier alpha value is -2.11. The highest BCUT2D eigenvalue weighted by atomic mass is 32.1. The smallest absolute Gasteiger partial charge is 0.320 e. The third kappa shape index (κ3) is 2.21. The number of fused-ring (bicyclic) bond motifs is 1. The first-order valence-corrected chi connectivity index (χ1v) is 7.16. The topological polar surface area (TPSA) is 79.1 Å². The van der Waals surface area contributed by atoms with Gasteiger partial charge in [-0.1, -0.05) is 24.3 Å². The van der Waals surface area contributed by atoms with Crippen LogP contribution in [0.5, 0.6) is 0 Å². The van der Waals surface area contributed by atoms with Gasteiger partial charge in [-0.2, -0.15) is 0 Å². The van der Waals surface area contributed by atoms with Crippen LogP contribution in [0.3, 0.4) is 0 Å². The number of nitrogens with one attached hydrogen (secondary N) is 1. The highest BCUT2D eigenvalue weighted by molar-refractivity contribution is 7.13. The Morgan fingerprint density at radius 1 is 1.35 bits per heavy atom. The molecule has 0 aliphatic rings. The van der Waals surface area contributed by atoms with E-state index in [0.717, 1.165) is 22.0 Å². The highest BCUT2D eigenvalue weighted by Gasteiger charge is 2.16. The van der Waals surface area contributed by atoms with E-state index in [1.807, 2.05) is 29.8 Å². The van der Waals surface area contributed by atoms with E-state index in [0.29, 0.717) is 6.42 Å². The third-order valence-electron chi connectivity index (χ3n) is 3.34. The number of hydrogen-bond acceptors (Lipinski definition) is 3. The fraction of sp³-hybridized carbons (Fsp3) is 0.133. The van der Waals surface area contributed by atoms with Crippen molar-refractivity contribution in [2.45, 2.75) is 12.5 Å². The van der Waals surface area contributed by atoms with Gasteiger partial charge in [0.25, 0.3) is 0 Å². The number of thiophene rings is 1. The lowest BCUT2D eigenvalue weighted by atomic mass is 10.0. The molecule has 0 fully saturated rings. The standard InChI is InChI=1S/C15H14N2O2S/c16-12(15(18)19)7-9-8-17-14-10(9)3-1-4-11(14)13-5-2-6-20-13/h1-6,8,12,17H,7,16H2,(H,18,19)/t12-/m0/s1. The van der Waals surface area contributed by atoms with Crippen LogP contribution in [0.15, 0.2) is 41.9 Å². The number of nitrogens with two attached hydrogens (primary N) is 1. The predicted molar refractivity (Wildman–Crippen MR) is 80.9 cm³/mol. The second-order valence-electron chi connectivity index (χ2n) is 4.67. The van der Waals surface area contributed by atoms with E-state index in [1.54, 1.807) is 11.3 Å². The molecule has 3 rings (SSSR count). The molecule has 102 valence electrons. The molecule has 2 heterocycles. The molecule has 0 saturated heterocycles. The van der Waals surface area contributed by atoms with Crippen LogP contribution in [0, 0.1) is 0 Å². The van der Waals surface area contributed by atoms with Crippen LogP contribution in [0.2, 0.25) is 0 Å². The maximum atomic E-state index is 10.9. The quantitative estimate of drug-likeness (QED) is 0.690. The molecule has 2 aromatic heterocycles. The van der Waals surface area contributed by atoms with Gasteiger partial charge in [0.15, 0.2) is 0 Å². The SMILES string of the molecule is N[C@@H](Cc1c[nH]c2c(-c3cccs3)cccc12)C(=O)O. The van der Waals surface area contributed by atoms with Gasteiger partial charge >= 0.3 is 5.97 Å². The molecule has 1 atom stereocenters. The first-order valence-electron chi connectivity index (χ1n) is 6.28. The summed E-state index contributed by atoms with van der Waals surface area (Å²) in [4.78, 5) is 15.3. The van der Waals surface area contributed by atoms with Gasteiger partial charge in [0.1, 0.15) is 6.04 Å². The first kappa shape index (κ1) is 12.9. The Morgan fingerprint density at radius 3 is 2.90 bits per heavy atom. The second-order valence-corrected chi connectivity index (χ2v) is 5.62. The Balaban J connectivity index is 2.06. The minimum absolute atomic E-state index is 0.323. The van der Waals surface area contributed by atoms with Crippen molar-refractivity contribution in [2.75, 3.05) is 0 Å². The van der Waals surface area contributed by atoms with Gasteiger partial charge in [-0.15, -0.1) is 11.3 Å². The third-order valence-corrected chi connectivity index (χ3v) is 4.25. The molecule has 20 heavy (non-hydrogen) atoms. The number of carbonyl (C=O) groups is 1. The predicted octanol–water partition coefficient (Wildman–Crippen LogP) is 2.85. The van der Waals surface area contributed by atoms with Crippen molar-refractivity contribution in [1.82, 2.24) is 4.98 Å². The molecular weight excluding hydrogens is 272 g/mol. The van der Waals surface area contributed by atoms with Gasteiger partial charge in [-0.25, -0.2) is 0 Å². The molecule has 0 unspecified atom stereocenters. The van der Waals surface area contributed by atoms with E-state index in [4.69, 9.17) is 10.8 Å². The van der Waals surface area contributed by atoms with Gasteiger partial charge in [0.05, 0.1) is 5.52 Å². The largest absolute Gasteiger partial charge is 0.480 e. The number of carboxylic acid groups (broad SMARTS) is 1. The lowest BCUT2D eigenvalue weighted by Gasteiger charge is -2.05. The average molecular weight is 286 g/mol. The number of H-pyrrole nitrogens is 1. The van der Waals surface area contributed by atoms with Crippen LogP contribution in [0.1, 0.15) is 5.56 Å². The maximum Gasteiger partial charge on any atom is 0.320 e. The summed E-state index contributed by atoms with van der Waals surface area (Å²) in [5.74, 6) is -0.978. The van der Waals surface area contributed by atoms with E-state index >= 15 is 0 Å². The van der Waals surface area contributed by atoms with Crippen LogP contribution < -0.4 is 5.73 Å². The zero-order chi connectivity index (χ0) is 14.1. The Bertz CT molecular complexity index is 746. The second kappa shape index (κ2) is 5.11. The molecule has 0 amide bonds. The molecule has 1 aromatic carbocycles. The molecule has 0 bridgehead atoms. The van der Waals surface area contributed by atoms with Crippen LogP contribution in [0.4, 0.5) is 0 Å². The van der Waals surface area contributed by atoms with Crippen molar-refractivity contribution in [1.29, 1.82) is 0 Å². The zero-order valence-corrected chi connectivity index (χ0v) is 11.5. The summed E-state index contributed by atoms with van der Waals surface area (Å²) in [5, 5.41) is 12.0. The van der Waals surface area contributed by atoms with Crippen molar-refractivity contribution in [3.05, 3.63) is 47.5 Å². The minimum atomic E-state index is -0.978. The minimum Gasteiger partial charge on any atom is -0.480 e. The summed E-state index contributed by atoms with van der Waals surface area (Å²) in [5.41, 5.74) is 8.72. The summed E-state index contributed by atoms with van der Waals surface area (Å²) in [7, 11) is 0. The fourth-order valence-electron chi connectivity index (χ4n) is 2.34. The Labute approximate surface area is 119 Å². The van der Waals surface area contributed by atoms with E-state index in [1.165, 1.54) is 4.88 Å². The molecule has 0 saturated carbocycles. The van der Waals surface area contributed by atoms with E-state index in [2.05, 4.69) is 17.1 Å². The van der Waals surface area contributed by atoms with Crippen LogP contribution in [0.25, 0.3) is 21.3 Å². The average Bonchev–Trinajstić information content (AvgIpc) is 3.08. The Kier molecular flexibility index (Phi) is 3.30. The fourth-order valence-corrected chi connectivity index (χ4v) is 3.10. The summed E-state index contributed by atoms with van der Waals surface area (Å²) >= 11 is 1.68. The number of carboxylic acids is 1. The molecule has 0 radical (unpaired) electrons. The van der Waals surface area contributed by atoms with Crippen molar-refractivity contribution in [3.8, 4) is 10.4 Å². The lowest BCUT2D eigenvalue weighted by Crippen LogP contribution is -2.32. The molecule has 0 spiro atoms. The van der Waals surface area contributed by atoms with Gasteiger partial charge in [-0.3, -0.25) is 4.79 Å². The van der Waals surface area contributed by atoms with Crippen molar-refractivity contribution in [2.24, 2.45) is 5.73 Å². The van der Waals surface area contributed by atoms with Crippen molar-refractivity contribution < 1.29 is 9.90 Å². The van der Waals surface area contributed by atoms with Crippen molar-refractivity contribution >= 4 is 28.2 Å². The molecule has 0 aliphatic heterocycles. The summed E-state index contributed by atoms with van der Waals surface area (Å²) in [6.45, 7) is 0. The number of aromatic nitrogens is 1. The summed E-state index contributed by atoms with van der Waals surface area (Å²) in [6, 6.07) is 9.25. The Morgan fingerprint density at radius 2 is 2.20 bits per heavy atom. The highest BCUT2D eigenvalue weighted by Crippen LogP contribution is 2.32. The van der Waals surface area contributed by atoms with Crippen LogP contribution in [-0.4, -0.2) is 22.1 Å². The van der Waals surface area contributed by atoms with Crippen LogP contribution >= 0.6 is 11.3 Å². The number of aromatic amines is 1. The molecule has 3 aromatic rings. The maximum absolute atomic E-state index is 10.9. The first-order chi connectivity index (χ1) is 9.66. The molecule has 4 nitrogen and oxygen atoms in total. The van der Waals surface area contributed by atoms with Crippen molar-refractivity contribution in [3.63, 3.8) is 0 Å². The number of hydrogen-bond donors (Lipinski definition) is 3. The lowest BCUT2D eigenvalue weighted by molar-refractivity contribution is -0.138. The molecule has 4 N–H and O–H groups in total. The van der Waals surface area contributed by atoms with E-state index in [-0.39, 0.29) is 0 Å².